The van der Waals surface area contributed by atoms with Gasteiger partial charge in [0.2, 0.25) is 5.13 Å². The van der Waals surface area contributed by atoms with Crippen LogP contribution in [0.25, 0.3) is 10.6 Å². The minimum absolute atomic E-state index is 0.193. The predicted octanol–water partition coefficient (Wildman–Crippen LogP) is 3.91. The highest BCUT2D eigenvalue weighted by Gasteiger charge is 2.16. The lowest BCUT2D eigenvalue weighted by Gasteiger charge is -2.06. The number of hydrogen-bond acceptors (Lipinski definition) is 9. The Morgan fingerprint density at radius 3 is 2.30 bits per heavy atom. The highest BCUT2D eigenvalue weighted by molar-refractivity contribution is 7.18. The van der Waals surface area contributed by atoms with Gasteiger partial charge in [-0.3, -0.25) is 14.9 Å². The van der Waals surface area contributed by atoms with E-state index in [9.17, 15) is 14.4 Å². The van der Waals surface area contributed by atoms with Crippen LogP contribution in [0.1, 0.15) is 22.8 Å². The SMILES string of the molecule is CCOc1ccc(C(=O)Oc2ccc(C=NNC(=O)C(=O)Nc3nnc(-c4ccccc4)s3)cc2)cc1. The van der Waals surface area contributed by atoms with Crippen LogP contribution in [0.4, 0.5) is 5.13 Å². The third-order valence-electron chi connectivity index (χ3n) is 4.74. The van der Waals surface area contributed by atoms with E-state index in [-0.39, 0.29) is 5.13 Å². The molecular formula is C26H21N5O5S. The van der Waals surface area contributed by atoms with Crippen molar-refractivity contribution in [2.24, 2.45) is 5.10 Å². The molecule has 0 saturated heterocycles. The topological polar surface area (TPSA) is 132 Å². The molecule has 0 aliphatic carbocycles. The van der Waals surface area contributed by atoms with Gasteiger partial charge in [-0.2, -0.15) is 5.10 Å². The first kappa shape index (κ1) is 25.2. The van der Waals surface area contributed by atoms with Gasteiger partial charge >= 0.3 is 17.8 Å². The Morgan fingerprint density at radius 1 is 0.892 bits per heavy atom. The molecule has 0 radical (unpaired) electrons. The molecule has 3 aromatic carbocycles. The zero-order chi connectivity index (χ0) is 26.0. The Hall–Kier alpha value is -4.90. The molecule has 1 heterocycles. The molecule has 0 spiro atoms. The van der Waals surface area contributed by atoms with E-state index in [1.165, 1.54) is 6.21 Å². The summed E-state index contributed by atoms with van der Waals surface area (Å²) in [5, 5.41) is 14.9. The van der Waals surface area contributed by atoms with Crippen LogP contribution in [0, 0.1) is 0 Å². The molecule has 10 nitrogen and oxygen atoms in total. The van der Waals surface area contributed by atoms with E-state index in [4.69, 9.17) is 9.47 Å². The van der Waals surface area contributed by atoms with Crippen molar-refractivity contribution in [1.29, 1.82) is 0 Å². The third kappa shape index (κ3) is 7.05. The highest BCUT2D eigenvalue weighted by atomic mass is 32.1. The molecule has 0 bridgehead atoms. The molecule has 2 N–H and O–H groups in total. The second-order valence-corrected chi connectivity index (χ2v) is 8.33. The smallest absolute Gasteiger partial charge is 0.343 e. The lowest BCUT2D eigenvalue weighted by atomic mass is 10.2. The van der Waals surface area contributed by atoms with Crippen molar-refractivity contribution in [1.82, 2.24) is 15.6 Å². The van der Waals surface area contributed by atoms with Crippen molar-refractivity contribution < 1.29 is 23.9 Å². The first-order valence-electron chi connectivity index (χ1n) is 11.1. The van der Waals surface area contributed by atoms with Crippen molar-refractivity contribution in [2.45, 2.75) is 6.92 Å². The summed E-state index contributed by atoms with van der Waals surface area (Å²) in [4.78, 5) is 36.4. The number of ether oxygens (including phenoxy) is 2. The Morgan fingerprint density at radius 2 is 1.59 bits per heavy atom. The van der Waals surface area contributed by atoms with Crippen molar-refractivity contribution in [3.05, 3.63) is 90.0 Å². The van der Waals surface area contributed by atoms with Gasteiger partial charge in [0.1, 0.15) is 16.5 Å². The number of hydrazone groups is 1. The minimum atomic E-state index is -0.964. The molecule has 2 amide bonds. The van der Waals surface area contributed by atoms with Gasteiger partial charge in [-0.1, -0.05) is 41.7 Å². The number of hydrogen-bond donors (Lipinski definition) is 2. The Kier molecular flexibility index (Phi) is 8.29. The van der Waals surface area contributed by atoms with Crippen LogP contribution in [0.5, 0.6) is 11.5 Å². The number of amides is 2. The molecule has 4 aromatic rings. The van der Waals surface area contributed by atoms with E-state index < -0.39 is 17.8 Å². The molecule has 0 unspecified atom stereocenters. The molecule has 4 rings (SSSR count). The predicted molar refractivity (Wildman–Crippen MR) is 139 cm³/mol. The van der Waals surface area contributed by atoms with Crippen LogP contribution >= 0.6 is 11.3 Å². The average Bonchev–Trinajstić information content (AvgIpc) is 3.39. The fourth-order valence-corrected chi connectivity index (χ4v) is 3.73. The fraction of sp³-hybridized carbons (Fsp3) is 0.0769. The second kappa shape index (κ2) is 12.2. The number of aromatic nitrogens is 2. The van der Waals surface area contributed by atoms with Crippen LogP contribution in [-0.2, 0) is 9.59 Å². The summed E-state index contributed by atoms with van der Waals surface area (Å²) in [7, 11) is 0. The number of esters is 1. The van der Waals surface area contributed by atoms with Gasteiger partial charge < -0.3 is 9.47 Å². The van der Waals surface area contributed by atoms with Crippen molar-refractivity contribution >= 4 is 40.5 Å². The van der Waals surface area contributed by atoms with E-state index >= 15 is 0 Å². The van der Waals surface area contributed by atoms with Crippen molar-refractivity contribution in [3.63, 3.8) is 0 Å². The summed E-state index contributed by atoms with van der Waals surface area (Å²) >= 11 is 1.14. The van der Waals surface area contributed by atoms with E-state index in [1.807, 2.05) is 37.3 Å². The van der Waals surface area contributed by atoms with E-state index in [0.29, 0.717) is 34.2 Å². The fourth-order valence-electron chi connectivity index (χ4n) is 2.98. The number of carbonyl (C=O) groups excluding carboxylic acids is 3. The molecule has 186 valence electrons. The zero-order valence-corrected chi connectivity index (χ0v) is 20.4. The highest BCUT2D eigenvalue weighted by Crippen LogP contribution is 2.25. The van der Waals surface area contributed by atoms with Crippen LogP contribution in [0.15, 0.2) is 84.0 Å². The summed E-state index contributed by atoms with van der Waals surface area (Å²) in [5.74, 6) is -1.39. The maximum absolute atomic E-state index is 12.3. The Balaban J connectivity index is 1.25. The average molecular weight is 516 g/mol. The molecular weight excluding hydrogens is 494 g/mol. The molecule has 11 heteroatoms. The number of carbonyl (C=O) groups is 3. The van der Waals surface area contributed by atoms with E-state index in [2.05, 4.69) is 26.0 Å². The number of nitrogens with zero attached hydrogens (tertiary/aromatic N) is 3. The van der Waals surface area contributed by atoms with E-state index in [0.717, 1.165) is 16.9 Å². The van der Waals surface area contributed by atoms with Crippen molar-refractivity contribution in [2.75, 3.05) is 11.9 Å². The van der Waals surface area contributed by atoms with Gasteiger partial charge in [0, 0.05) is 5.56 Å². The number of nitrogens with one attached hydrogen (secondary N) is 2. The van der Waals surface area contributed by atoms with Gasteiger partial charge in [-0.15, -0.1) is 10.2 Å². The molecule has 0 fully saturated rings. The molecule has 0 aliphatic heterocycles. The standard InChI is InChI=1S/C26H21N5O5S/c1-2-35-20-14-10-19(11-15-20)25(34)36-21-12-8-17(9-13-21)16-27-29-23(33)22(32)28-26-31-30-24(37-26)18-6-4-3-5-7-18/h3-16H,2H2,1H3,(H,29,33)(H,28,31,32). The van der Waals surface area contributed by atoms with Gasteiger partial charge in [-0.05, 0) is 61.0 Å². The summed E-state index contributed by atoms with van der Waals surface area (Å²) in [5.41, 5.74) is 4.00. The van der Waals surface area contributed by atoms with Crippen LogP contribution in [-0.4, -0.2) is 40.8 Å². The summed E-state index contributed by atoms with van der Waals surface area (Å²) < 4.78 is 10.7. The monoisotopic (exact) mass is 515 g/mol. The number of benzene rings is 3. The maximum Gasteiger partial charge on any atom is 0.343 e. The third-order valence-corrected chi connectivity index (χ3v) is 5.63. The number of rotatable bonds is 8. The van der Waals surface area contributed by atoms with Gasteiger partial charge in [-0.25, -0.2) is 10.2 Å². The van der Waals surface area contributed by atoms with Crippen LogP contribution < -0.4 is 20.2 Å². The van der Waals surface area contributed by atoms with Gasteiger partial charge in [0.05, 0.1) is 18.4 Å². The molecule has 37 heavy (non-hydrogen) atoms. The molecule has 0 aliphatic rings. The number of anilines is 1. The minimum Gasteiger partial charge on any atom is -0.494 e. The zero-order valence-electron chi connectivity index (χ0n) is 19.6. The van der Waals surface area contributed by atoms with Gasteiger partial charge in [0.25, 0.3) is 0 Å². The summed E-state index contributed by atoms with van der Waals surface area (Å²) in [6.45, 7) is 2.42. The quantitative estimate of drug-likeness (QED) is 0.120. The second-order valence-electron chi connectivity index (χ2n) is 7.35. The summed E-state index contributed by atoms with van der Waals surface area (Å²) in [6.07, 6.45) is 1.35. The molecule has 0 saturated carbocycles. The first-order valence-corrected chi connectivity index (χ1v) is 11.9. The van der Waals surface area contributed by atoms with Crippen molar-refractivity contribution in [3.8, 4) is 22.1 Å². The lowest BCUT2D eigenvalue weighted by molar-refractivity contribution is -0.136. The molecule has 0 atom stereocenters. The van der Waals surface area contributed by atoms with Crippen LogP contribution in [0.3, 0.4) is 0 Å². The normalized spacial score (nSPS) is 10.6. The largest absolute Gasteiger partial charge is 0.494 e. The van der Waals surface area contributed by atoms with E-state index in [1.54, 1.807) is 48.5 Å². The van der Waals surface area contributed by atoms with Crippen LogP contribution in [0.2, 0.25) is 0 Å². The Labute approximate surface area is 216 Å². The van der Waals surface area contributed by atoms with Gasteiger partial charge in [0.15, 0.2) is 0 Å². The summed E-state index contributed by atoms with van der Waals surface area (Å²) in [6, 6.07) is 22.4. The first-order chi connectivity index (χ1) is 18.0. The Bertz CT molecular complexity index is 1400. The molecule has 1 aromatic heterocycles. The lowest BCUT2D eigenvalue weighted by Crippen LogP contribution is -2.32. The maximum atomic E-state index is 12.3.